The van der Waals surface area contributed by atoms with Gasteiger partial charge in [-0.15, -0.1) is 10.2 Å². The number of ketones is 1. The number of amides is 1. The van der Waals surface area contributed by atoms with Gasteiger partial charge in [0.2, 0.25) is 0 Å². The van der Waals surface area contributed by atoms with Crippen LogP contribution in [-0.2, 0) is 0 Å². The second-order valence-corrected chi connectivity index (χ2v) is 7.00. The normalized spacial score (nSPS) is 14.1. The minimum absolute atomic E-state index is 0.0577. The number of Topliss-reactive ketones (excluding diaryl/α,β-unsaturated/α-hetero) is 1. The van der Waals surface area contributed by atoms with Crippen molar-refractivity contribution >= 4 is 17.4 Å². The molecule has 0 radical (unpaired) electrons. The van der Waals surface area contributed by atoms with E-state index < -0.39 is 0 Å². The summed E-state index contributed by atoms with van der Waals surface area (Å²) in [4.78, 5) is 32.4. The van der Waals surface area contributed by atoms with Gasteiger partial charge in [-0.05, 0) is 50.2 Å². The maximum atomic E-state index is 12.8. The van der Waals surface area contributed by atoms with Crippen LogP contribution >= 0.6 is 0 Å². The fourth-order valence-electron chi connectivity index (χ4n) is 3.42. The van der Waals surface area contributed by atoms with E-state index in [1.807, 2.05) is 42.0 Å². The number of benzene rings is 1. The first kappa shape index (κ1) is 18.8. The Hall–Kier alpha value is -3.55. The molecule has 3 aromatic rings. The molecule has 8 nitrogen and oxygen atoms in total. The quantitative estimate of drug-likeness (QED) is 0.635. The van der Waals surface area contributed by atoms with Crippen molar-refractivity contribution in [2.75, 3.05) is 31.1 Å². The van der Waals surface area contributed by atoms with Crippen LogP contribution in [-0.4, -0.2) is 62.5 Å². The molecule has 8 heteroatoms. The number of hydrogen-bond donors (Lipinski definition) is 0. The van der Waals surface area contributed by atoms with Gasteiger partial charge in [0.05, 0.1) is 0 Å². The highest BCUT2D eigenvalue weighted by molar-refractivity contribution is 5.94. The zero-order chi connectivity index (χ0) is 20.4. The third-order valence-electron chi connectivity index (χ3n) is 5.15. The number of aromatic nitrogens is 4. The maximum absolute atomic E-state index is 12.8. The van der Waals surface area contributed by atoms with E-state index in [0.29, 0.717) is 30.2 Å². The molecule has 0 saturated carbocycles. The fraction of sp³-hybridized carbons (Fsp3) is 0.286. The van der Waals surface area contributed by atoms with Crippen LogP contribution in [0.25, 0.3) is 5.82 Å². The molecule has 1 fully saturated rings. The van der Waals surface area contributed by atoms with Crippen molar-refractivity contribution in [2.45, 2.75) is 13.8 Å². The molecule has 0 bridgehead atoms. The summed E-state index contributed by atoms with van der Waals surface area (Å²) >= 11 is 0. The summed E-state index contributed by atoms with van der Waals surface area (Å²) in [5, 5.41) is 8.29. The number of aryl methyl sites for hydroxylation is 1. The Balaban J connectivity index is 1.38. The van der Waals surface area contributed by atoms with Crippen molar-refractivity contribution in [3.63, 3.8) is 0 Å². The molecule has 1 amide bonds. The third kappa shape index (κ3) is 3.87. The molecular weight excluding hydrogens is 368 g/mol. The van der Waals surface area contributed by atoms with E-state index in [2.05, 4.69) is 20.1 Å². The molecule has 0 N–H and O–H groups in total. The second kappa shape index (κ2) is 7.83. The van der Waals surface area contributed by atoms with E-state index in [-0.39, 0.29) is 11.7 Å². The molecule has 1 aromatic carbocycles. The number of carbonyl (C=O) groups is 2. The Morgan fingerprint density at radius 1 is 0.931 bits per heavy atom. The molecule has 0 spiro atoms. The first-order valence-electron chi connectivity index (χ1n) is 9.52. The van der Waals surface area contributed by atoms with E-state index in [9.17, 15) is 9.59 Å². The summed E-state index contributed by atoms with van der Waals surface area (Å²) in [5.41, 5.74) is 2.10. The van der Waals surface area contributed by atoms with E-state index >= 15 is 0 Å². The number of piperazine rings is 1. The lowest BCUT2D eigenvalue weighted by atomic mass is 10.1. The smallest absolute Gasteiger partial charge is 0.274 e. The molecule has 148 valence electrons. The number of rotatable bonds is 4. The Labute approximate surface area is 168 Å². The zero-order valence-corrected chi connectivity index (χ0v) is 16.4. The third-order valence-corrected chi connectivity index (χ3v) is 5.15. The number of anilines is 1. The van der Waals surface area contributed by atoms with Gasteiger partial charge < -0.3 is 9.80 Å². The van der Waals surface area contributed by atoms with Crippen LogP contribution in [0.4, 0.5) is 5.69 Å². The van der Waals surface area contributed by atoms with Crippen molar-refractivity contribution in [3.8, 4) is 5.82 Å². The molecule has 29 heavy (non-hydrogen) atoms. The molecule has 0 aliphatic carbocycles. The Bertz CT molecular complexity index is 1020. The SMILES string of the molecule is CC(=O)c1ccc(N2CCN(C(=O)c3ccc(-n4ccnc4C)nn3)CC2)cc1. The lowest BCUT2D eigenvalue weighted by molar-refractivity contribution is 0.0739. The van der Waals surface area contributed by atoms with Crippen LogP contribution in [0.15, 0.2) is 48.8 Å². The van der Waals surface area contributed by atoms with Gasteiger partial charge in [-0.1, -0.05) is 0 Å². The van der Waals surface area contributed by atoms with Gasteiger partial charge in [-0.2, -0.15) is 0 Å². The summed E-state index contributed by atoms with van der Waals surface area (Å²) in [5.74, 6) is 1.39. The molecule has 0 unspecified atom stereocenters. The van der Waals surface area contributed by atoms with Crippen LogP contribution in [0, 0.1) is 6.92 Å². The monoisotopic (exact) mass is 390 g/mol. The van der Waals surface area contributed by atoms with E-state index in [1.165, 1.54) is 0 Å². The summed E-state index contributed by atoms with van der Waals surface area (Å²) in [6.07, 6.45) is 3.51. The predicted molar refractivity (Wildman–Crippen MR) is 108 cm³/mol. The first-order chi connectivity index (χ1) is 14.0. The molecular formula is C21H22N6O2. The summed E-state index contributed by atoms with van der Waals surface area (Å²) in [6.45, 7) is 6.11. The summed E-state index contributed by atoms with van der Waals surface area (Å²) in [6, 6.07) is 11.1. The molecule has 1 saturated heterocycles. The highest BCUT2D eigenvalue weighted by atomic mass is 16.2. The second-order valence-electron chi connectivity index (χ2n) is 7.00. The van der Waals surface area contributed by atoms with Crippen LogP contribution in [0.3, 0.4) is 0 Å². The van der Waals surface area contributed by atoms with Gasteiger partial charge in [0, 0.05) is 49.8 Å². The highest BCUT2D eigenvalue weighted by Crippen LogP contribution is 2.18. The maximum Gasteiger partial charge on any atom is 0.274 e. The number of hydrogen-bond acceptors (Lipinski definition) is 6. The molecule has 1 aliphatic heterocycles. The van der Waals surface area contributed by atoms with E-state index in [0.717, 1.165) is 24.6 Å². The van der Waals surface area contributed by atoms with Crippen molar-refractivity contribution < 1.29 is 9.59 Å². The lowest BCUT2D eigenvalue weighted by Crippen LogP contribution is -2.49. The van der Waals surface area contributed by atoms with Crippen molar-refractivity contribution in [1.29, 1.82) is 0 Å². The molecule has 2 aromatic heterocycles. The van der Waals surface area contributed by atoms with Crippen molar-refractivity contribution in [2.24, 2.45) is 0 Å². The van der Waals surface area contributed by atoms with Gasteiger partial charge >= 0.3 is 0 Å². The van der Waals surface area contributed by atoms with E-state index in [4.69, 9.17) is 0 Å². The van der Waals surface area contributed by atoms with Gasteiger partial charge in [-0.25, -0.2) is 4.98 Å². The van der Waals surface area contributed by atoms with Crippen LogP contribution in [0.5, 0.6) is 0 Å². The minimum atomic E-state index is -0.113. The average molecular weight is 390 g/mol. The largest absolute Gasteiger partial charge is 0.368 e. The van der Waals surface area contributed by atoms with Gasteiger partial charge in [-0.3, -0.25) is 14.2 Å². The molecule has 3 heterocycles. The topological polar surface area (TPSA) is 84.2 Å². The van der Waals surface area contributed by atoms with Crippen LogP contribution in [0.2, 0.25) is 0 Å². The standard InChI is InChI=1S/C21H22N6O2/c1-15(28)17-3-5-18(6-4-17)25-11-13-26(14-12-25)21(29)19-7-8-20(24-23-19)27-10-9-22-16(27)2/h3-10H,11-14H2,1-2H3. The Kier molecular flexibility index (Phi) is 5.07. The minimum Gasteiger partial charge on any atom is -0.368 e. The Morgan fingerprint density at radius 3 is 2.21 bits per heavy atom. The van der Waals surface area contributed by atoms with Gasteiger partial charge in [0.1, 0.15) is 5.82 Å². The van der Waals surface area contributed by atoms with Crippen molar-refractivity contribution in [3.05, 3.63) is 65.9 Å². The lowest BCUT2D eigenvalue weighted by Gasteiger charge is -2.36. The summed E-state index contributed by atoms with van der Waals surface area (Å²) in [7, 11) is 0. The first-order valence-corrected chi connectivity index (χ1v) is 9.52. The van der Waals surface area contributed by atoms with Crippen LogP contribution < -0.4 is 4.90 Å². The zero-order valence-electron chi connectivity index (χ0n) is 16.4. The molecule has 1 aliphatic rings. The van der Waals surface area contributed by atoms with Gasteiger partial charge in [0.15, 0.2) is 17.3 Å². The predicted octanol–water partition coefficient (Wildman–Crippen LogP) is 2.14. The molecule has 0 atom stereocenters. The summed E-state index contributed by atoms with van der Waals surface area (Å²) < 4.78 is 1.82. The number of nitrogens with zero attached hydrogens (tertiary/aromatic N) is 6. The number of carbonyl (C=O) groups excluding carboxylic acids is 2. The number of imidazole rings is 1. The fourth-order valence-corrected chi connectivity index (χ4v) is 3.42. The molecule has 4 rings (SSSR count). The Morgan fingerprint density at radius 2 is 1.66 bits per heavy atom. The van der Waals surface area contributed by atoms with E-state index in [1.54, 1.807) is 30.2 Å². The van der Waals surface area contributed by atoms with Crippen molar-refractivity contribution in [1.82, 2.24) is 24.6 Å². The average Bonchev–Trinajstić information content (AvgIpc) is 3.19. The highest BCUT2D eigenvalue weighted by Gasteiger charge is 2.23. The van der Waals surface area contributed by atoms with Gasteiger partial charge in [0.25, 0.3) is 5.91 Å². The van der Waals surface area contributed by atoms with Crippen LogP contribution in [0.1, 0.15) is 33.6 Å².